The van der Waals surface area contributed by atoms with Gasteiger partial charge >= 0.3 is 0 Å². The van der Waals surface area contributed by atoms with Crippen molar-refractivity contribution in [2.75, 3.05) is 5.01 Å². The lowest BCUT2D eigenvalue weighted by Gasteiger charge is -2.27. The van der Waals surface area contributed by atoms with E-state index in [1.807, 2.05) is 0 Å². The van der Waals surface area contributed by atoms with Crippen LogP contribution >= 0.6 is 0 Å². The first-order valence-electron chi connectivity index (χ1n) is 7.37. The number of amides is 2. The van der Waals surface area contributed by atoms with Gasteiger partial charge < -0.3 is 5.11 Å². The molecule has 0 fully saturated rings. The Morgan fingerprint density at radius 3 is 2.12 bits per heavy atom. The fraction of sp³-hybridized carbons (Fsp3) is 0.176. The van der Waals surface area contributed by atoms with Crippen LogP contribution in [0.25, 0.3) is 0 Å². The summed E-state index contributed by atoms with van der Waals surface area (Å²) in [4.78, 5) is 35.0. The molecule has 2 N–H and O–H groups in total. The van der Waals surface area contributed by atoms with Gasteiger partial charge in [-0.2, -0.15) is 0 Å². The summed E-state index contributed by atoms with van der Waals surface area (Å²) < 4.78 is 0. The molecular weight excluding hydrogens is 326 g/mol. The van der Waals surface area contributed by atoms with Crippen LogP contribution in [-0.2, 0) is 4.79 Å². The number of nitro groups is 1. The fourth-order valence-electron chi connectivity index (χ4n) is 1.90. The lowest BCUT2D eigenvalue weighted by molar-refractivity contribution is -0.384. The summed E-state index contributed by atoms with van der Waals surface area (Å²) in [5.41, 5.74) is 1.05. The third-order valence-corrected chi connectivity index (χ3v) is 3.31. The third-order valence-electron chi connectivity index (χ3n) is 3.31. The minimum atomic E-state index is -1.69. The number of anilines is 1. The summed E-state index contributed by atoms with van der Waals surface area (Å²) in [5, 5.41) is 21.5. The molecule has 25 heavy (non-hydrogen) atoms. The van der Waals surface area contributed by atoms with E-state index in [2.05, 4.69) is 5.43 Å². The summed E-state index contributed by atoms with van der Waals surface area (Å²) in [6, 6.07) is 13.3. The summed E-state index contributed by atoms with van der Waals surface area (Å²) in [6.45, 7) is 2.59. The molecule has 2 aromatic carbocycles. The van der Waals surface area contributed by atoms with Gasteiger partial charge in [-0.3, -0.25) is 25.1 Å². The van der Waals surface area contributed by atoms with E-state index in [0.717, 1.165) is 5.01 Å². The van der Waals surface area contributed by atoms with Gasteiger partial charge in [-0.1, -0.05) is 18.2 Å². The molecule has 0 heterocycles. The van der Waals surface area contributed by atoms with Crippen LogP contribution in [0.15, 0.2) is 54.6 Å². The molecule has 2 aromatic rings. The fourth-order valence-corrected chi connectivity index (χ4v) is 1.90. The Labute approximate surface area is 143 Å². The first kappa shape index (κ1) is 18.1. The standard InChI is InChI=1S/C17H17N3O5/c1-17(2,23)16(22)18-19(13-6-4-3-5-7-13)15(21)12-8-10-14(11-9-12)20(24)25/h3-11,23H,1-2H3,(H,18,22). The largest absolute Gasteiger partial charge is 0.381 e. The van der Waals surface area contributed by atoms with Gasteiger partial charge in [0.05, 0.1) is 10.6 Å². The number of hydrazine groups is 1. The number of aliphatic hydroxyl groups is 1. The summed E-state index contributed by atoms with van der Waals surface area (Å²) >= 11 is 0. The maximum Gasteiger partial charge on any atom is 0.277 e. The topological polar surface area (TPSA) is 113 Å². The van der Waals surface area contributed by atoms with E-state index in [1.54, 1.807) is 30.3 Å². The number of para-hydroxylation sites is 1. The highest BCUT2D eigenvalue weighted by atomic mass is 16.6. The monoisotopic (exact) mass is 343 g/mol. The van der Waals surface area contributed by atoms with Crippen LogP contribution in [-0.4, -0.2) is 27.4 Å². The van der Waals surface area contributed by atoms with E-state index in [0.29, 0.717) is 5.69 Å². The van der Waals surface area contributed by atoms with Gasteiger partial charge in [0, 0.05) is 17.7 Å². The number of hydrogen-bond acceptors (Lipinski definition) is 5. The van der Waals surface area contributed by atoms with Gasteiger partial charge in [-0.15, -0.1) is 0 Å². The Bertz CT molecular complexity index is 782. The van der Waals surface area contributed by atoms with Crippen molar-refractivity contribution in [1.82, 2.24) is 5.43 Å². The number of carbonyl (C=O) groups is 2. The Morgan fingerprint density at radius 1 is 1.08 bits per heavy atom. The van der Waals surface area contributed by atoms with E-state index in [4.69, 9.17) is 0 Å². The van der Waals surface area contributed by atoms with Crippen LogP contribution in [0.5, 0.6) is 0 Å². The van der Waals surface area contributed by atoms with Crippen LogP contribution in [0.4, 0.5) is 11.4 Å². The first-order valence-corrected chi connectivity index (χ1v) is 7.37. The molecular formula is C17H17N3O5. The average molecular weight is 343 g/mol. The molecule has 0 radical (unpaired) electrons. The van der Waals surface area contributed by atoms with E-state index in [9.17, 15) is 24.8 Å². The highest BCUT2D eigenvalue weighted by Crippen LogP contribution is 2.18. The van der Waals surface area contributed by atoms with Crippen LogP contribution in [0.2, 0.25) is 0 Å². The summed E-state index contributed by atoms with van der Waals surface area (Å²) in [5.74, 6) is -1.37. The lowest BCUT2D eigenvalue weighted by atomic mass is 10.1. The second kappa shape index (κ2) is 7.10. The molecule has 2 rings (SSSR count). The molecule has 0 saturated carbocycles. The molecule has 0 unspecified atom stereocenters. The molecule has 0 saturated heterocycles. The molecule has 0 aromatic heterocycles. The van der Waals surface area contributed by atoms with Gasteiger partial charge in [0.2, 0.25) is 0 Å². The van der Waals surface area contributed by atoms with E-state index >= 15 is 0 Å². The van der Waals surface area contributed by atoms with Gasteiger partial charge in [0.15, 0.2) is 0 Å². The Balaban J connectivity index is 2.36. The highest BCUT2D eigenvalue weighted by Gasteiger charge is 2.28. The van der Waals surface area contributed by atoms with Crippen molar-refractivity contribution in [3.8, 4) is 0 Å². The maximum absolute atomic E-state index is 12.7. The zero-order valence-corrected chi connectivity index (χ0v) is 13.7. The molecule has 0 bridgehead atoms. The van der Waals surface area contributed by atoms with Crippen molar-refractivity contribution < 1.29 is 19.6 Å². The number of nitrogens with zero attached hydrogens (tertiary/aromatic N) is 2. The smallest absolute Gasteiger partial charge is 0.277 e. The second-order valence-electron chi connectivity index (χ2n) is 5.78. The average Bonchev–Trinajstić information content (AvgIpc) is 2.58. The Morgan fingerprint density at radius 2 is 1.64 bits per heavy atom. The highest BCUT2D eigenvalue weighted by molar-refractivity contribution is 6.07. The van der Waals surface area contributed by atoms with Crippen molar-refractivity contribution in [2.24, 2.45) is 0 Å². The van der Waals surface area contributed by atoms with Crippen molar-refractivity contribution >= 4 is 23.2 Å². The predicted molar refractivity (Wildman–Crippen MR) is 90.8 cm³/mol. The normalized spacial score (nSPS) is 10.8. The molecule has 0 aliphatic carbocycles. The molecule has 8 heteroatoms. The third kappa shape index (κ3) is 4.39. The second-order valence-corrected chi connectivity index (χ2v) is 5.78. The predicted octanol–water partition coefficient (Wildman–Crippen LogP) is 2.04. The molecule has 8 nitrogen and oxygen atoms in total. The molecule has 0 aliphatic rings. The molecule has 0 atom stereocenters. The zero-order chi connectivity index (χ0) is 18.6. The number of non-ortho nitro benzene ring substituents is 1. The van der Waals surface area contributed by atoms with Crippen LogP contribution in [0.1, 0.15) is 24.2 Å². The number of benzene rings is 2. The molecule has 0 aliphatic heterocycles. The van der Waals surface area contributed by atoms with E-state index in [-0.39, 0.29) is 11.3 Å². The minimum absolute atomic E-state index is 0.144. The Kier molecular flexibility index (Phi) is 5.14. The molecule has 2 amide bonds. The van der Waals surface area contributed by atoms with Gasteiger partial charge in [-0.25, -0.2) is 5.01 Å². The minimum Gasteiger partial charge on any atom is -0.381 e. The van der Waals surface area contributed by atoms with Crippen molar-refractivity contribution in [3.05, 3.63) is 70.3 Å². The van der Waals surface area contributed by atoms with E-state index in [1.165, 1.54) is 38.1 Å². The summed E-state index contributed by atoms with van der Waals surface area (Å²) in [7, 11) is 0. The number of nitrogens with one attached hydrogen (secondary N) is 1. The summed E-state index contributed by atoms with van der Waals surface area (Å²) in [6.07, 6.45) is 0. The van der Waals surface area contributed by atoms with Crippen molar-refractivity contribution in [3.63, 3.8) is 0 Å². The zero-order valence-electron chi connectivity index (χ0n) is 13.7. The van der Waals surface area contributed by atoms with Gasteiger partial charge in [0.25, 0.3) is 17.5 Å². The maximum atomic E-state index is 12.7. The van der Waals surface area contributed by atoms with E-state index < -0.39 is 22.3 Å². The SMILES string of the molecule is CC(C)(O)C(=O)NN(C(=O)c1ccc([N+](=O)[O-])cc1)c1ccccc1. The van der Waals surface area contributed by atoms with Crippen LogP contribution in [0.3, 0.4) is 0 Å². The lowest BCUT2D eigenvalue weighted by Crippen LogP contribution is -2.53. The molecule has 130 valence electrons. The Hall–Kier alpha value is -3.26. The number of hydrogen-bond donors (Lipinski definition) is 2. The quantitative estimate of drug-likeness (QED) is 0.651. The number of rotatable bonds is 4. The number of carbonyl (C=O) groups excluding carboxylic acids is 2. The van der Waals surface area contributed by atoms with Gasteiger partial charge in [-0.05, 0) is 38.1 Å². The molecule has 0 spiro atoms. The van der Waals surface area contributed by atoms with Gasteiger partial charge in [0.1, 0.15) is 5.60 Å². The number of nitro benzene ring substituents is 1. The van der Waals surface area contributed by atoms with Crippen LogP contribution < -0.4 is 10.4 Å². The van der Waals surface area contributed by atoms with Crippen LogP contribution in [0, 0.1) is 10.1 Å². The van der Waals surface area contributed by atoms with Crippen molar-refractivity contribution in [2.45, 2.75) is 19.4 Å². The van der Waals surface area contributed by atoms with Crippen molar-refractivity contribution in [1.29, 1.82) is 0 Å². The first-order chi connectivity index (χ1) is 11.7.